The molecule has 0 saturated heterocycles. The van der Waals surface area contributed by atoms with Gasteiger partial charge in [0.05, 0.1) is 15.4 Å². The molecule has 1 amide bonds. The van der Waals surface area contributed by atoms with Crippen molar-refractivity contribution in [2.24, 2.45) is 5.92 Å². The number of hydrogen-bond donors (Lipinski definition) is 1. The second-order valence-corrected chi connectivity index (χ2v) is 7.78. The number of halogens is 2. The van der Waals surface area contributed by atoms with Gasteiger partial charge in [-0.15, -0.1) is 0 Å². The first-order valence-electron chi connectivity index (χ1n) is 9.09. The van der Waals surface area contributed by atoms with E-state index in [1.165, 1.54) is 4.68 Å². The smallest absolute Gasteiger partial charge is 0.274 e. The monoisotopic (exact) mass is 417 g/mol. The van der Waals surface area contributed by atoms with Crippen LogP contribution in [0.25, 0.3) is 10.8 Å². The van der Waals surface area contributed by atoms with Crippen molar-refractivity contribution < 1.29 is 4.79 Å². The van der Waals surface area contributed by atoms with Crippen molar-refractivity contribution in [1.82, 2.24) is 15.1 Å². The fraction of sp³-hybridized carbons (Fsp3) is 0.286. The largest absolute Gasteiger partial charge is 0.350 e. The van der Waals surface area contributed by atoms with Crippen LogP contribution in [0, 0.1) is 5.92 Å². The Morgan fingerprint density at radius 1 is 1.11 bits per heavy atom. The molecule has 0 radical (unpaired) electrons. The van der Waals surface area contributed by atoms with Gasteiger partial charge >= 0.3 is 0 Å². The molecule has 0 bridgehead atoms. The highest BCUT2D eigenvalue weighted by Crippen LogP contribution is 2.25. The zero-order chi connectivity index (χ0) is 20.3. The summed E-state index contributed by atoms with van der Waals surface area (Å²) in [6.07, 6.45) is 0.536. The van der Waals surface area contributed by atoms with Gasteiger partial charge in [-0.05, 0) is 30.0 Å². The van der Waals surface area contributed by atoms with Crippen LogP contribution in [0.3, 0.4) is 0 Å². The lowest BCUT2D eigenvalue weighted by Crippen LogP contribution is -2.32. The first-order chi connectivity index (χ1) is 13.4. The molecular weight excluding hydrogens is 397 g/mol. The Bertz CT molecular complexity index is 1080. The molecule has 0 aliphatic rings. The third kappa shape index (κ3) is 4.37. The molecule has 0 aliphatic carbocycles. The van der Waals surface area contributed by atoms with E-state index >= 15 is 0 Å². The van der Waals surface area contributed by atoms with E-state index in [0.717, 1.165) is 5.56 Å². The number of amides is 1. The van der Waals surface area contributed by atoms with Crippen LogP contribution in [0.2, 0.25) is 10.0 Å². The molecule has 0 unspecified atom stereocenters. The molecule has 3 rings (SSSR count). The van der Waals surface area contributed by atoms with Crippen LogP contribution in [-0.2, 0) is 13.0 Å². The Hall–Kier alpha value is -2.37. The van der Waals surface area contributed by atoms with E-state index < -0.39 is 0 Å². The Kier molecular flexibility index (Phi) is 6.37. The second-order valence-electron chi connectivity index (χ2n) is 6.99. The maximum absolute atomic E-state index is 12.8. The van der Waals surface area contributed by atoms with Crippen molar-refractivity contribution in [1.29, 1.82) is 0 Å². The van der Waals surface area contributed by atoms with Crippen LogP contribution in [0.1, 0.15) is 29.9 Å². The Morgan fingerprint density at radius 2 is 1.82 bits per heavy atom. The molecule has 1 aromatic heterocycles. The van der Waals surface area contributed by atoms with Gasteiger partial charge in [0.15, 0.2) is 5.69 Å². The Labute approximate surface area is 173 Å². The van der Waals surface area contributed by atoms with Crippen molar-refractivity contribution in [3.05, 3.63) is 74.1 Å². The summed E-state index contributed by atoms with van der Waals surface area (Å²) in [5.41, 5.74) is 0.914. The van der Waals surface area contributed by atoms with E-state index in [2.05, 4.69) is 10.4 Å². The van der Waals surface area contributed by atoms with Crippen LogP contribution in [0.15, 0.2) is 47.3 Å². The molecule has 1 heterocycles. The minimum Gasteiger partial charge on any atom is -0.350 e. The highest BCUT2D eigenvalue weighted by atomic mass is 35.5. The number of hydrogen-bond acceptors (Lipinski definition) is 3. The maximum Gasteiger partial charge on any atom is 0.274 e. The standard InChI is InChI=1S/C21H21Cl2N3O2/c1-13(2)12-26-21(28)16-8-4-3-7-15(16)19(25-26)20(27)24-11-10-14-6-5-9-17(22)18(14)23/h3-9,13H,10-12H2,1-2H3,(H,24,27). The van der Waals surface area contributed by atoms with Crippen molar-refractivity contribution in [3.63, 3.8) is 0 Å². The summed E-state index contributed by atoms with van der Waals surface area (Å²) in [5, 5.41) is 9.22. The maximum atomic E-state index is 12.8. The van der Waals surface area contributed by atoms with Gasteiger partial charge in [-0.1, -0.05) is 67.4 Å². The van der Waals surface area contributed by atoms with Gasteiger partial charge in [-0.25, -0.2) is 4.68 Å². The highest BCUT2D eigenvalue weighted by Gasteiger charge is 2.17. The first kappa shape index (κ1) is 20.4. The van der Waals surface area contributed by atoms with E-state index in [1.807, 2.05) is 26.0 Å². The summed E-state index contributed by atoms with van der Waals surface area (Å²) in [4.78, 5) is 25.5. The zero-order valence-corrected chi connectivity index (χ0v) is 17.2. The van der Waals surface area contributed by atoms with Gasteiger partial charge in [0, 0.05) is 18.5 Å². The van der Waals surface area contributed by atoms with E-state index in [1.54, 1.807) is 30.3 Å². The minimum atomic E-state index is -0.327. The molecule has 0 atom stereocenters. The number of benzene rings is 2. The lowest BCUT2D eigenvalue weighted by atomic mass is 10.1. The molecule has 0 saturated carbocycles. The molecular formula is C21H21Cl2N3O2. The van der Waals surface area contributed by atoms with Crippen LogP contribution in [-0.4, -0.2) is 22.2 Å². The van der Waals surface area contributed by atoms with Gasteiger partial charge in [0.25, 0.3) is 11.5 Å². The van der Waals surface area contributed by atoms with Crippen molar-refractivity contribution in [2.45, 2.75) is 26.8 Å². The fourth-order valence-electron chi connectivity index (χ4n) is 3.01. The van der Waals surface area contributed by atoms with Crippen LogP contribution < -0.4 is 10.9 Å². The number of nitrogens with one attached hydrogen (secondary N) is 1. The van der Waals surface area contributed by atoms with E-state index in [0.29, 0.717) is 40.3 Å². The van der Waals surface area contributed by atoms with Crippen LogP contribution in [0.4, 0.5) is 0 Å². The number of aromatic nitrogens is 2. The normalized spacial score (nSPS) is 11.2. The van der Waals surface area contributed by atoms with Gasteiger partial charge < -0.3 is 5.32 Å². The zero-order valence-electron chi connectivity index (χ0n) is 15.7. The van der Waals surface area contributed by atoms with Gasteiger partial charge in [-0.2, -0.15) is 5.10 Å². The average molecular weight is 418 g/mol. The van der Waals surface area contributed by atoms with Gasteiger partial charge in [-0.3, -0.25) is 9.59 Å². The second kappa shape index (κ2) is 8.76. The topological polar surface area (TPSA) is 64.0 Å². The molecule has 146 valence electrons. The first-order valence-corrected chi connectivity index (χ1v) is 9.85. The minimum absolute atomic E-state index is 0.188. The molecule has 7 heteroatoms. The van der Waals surface area contributed by atoms with Gasteiger partial charge in [0.2, 0.25) is 0 Å². The molecule has 0 spiro atoms. The van der Waals surface area contributed by atoms with Crippen LogP contribution in [0.5, 0.6) is 0 Å². The third-order valence-corrected chi connectivity index (χ3v) is 5.19. The van der Waals surface area contributed by atoms with Crippen molar-refractivity contribution >= 4 is 39.9 Å². The van der Waals surface area contributed by atoms with Crippen molar-refractivity contribution in [2.75, 3.05) is 6.54 Å². The summed E-state index contributed by atoms with van der Waals surface area (Å²) in [7, 11) is 0. The fourth-order valence-corrected chi connectivity index (χ4v) is 3.42. The molecule has 1 N–H and O–H groups in total. The van der Waals surface area contributed by atoms with Crippen LogP contribution >= 0.6 is 23.2 Å². The molecule has 0 fully saturated rings. The summed E-state index contributed by atoms with van der Waals surface area (Å²) in [5.74, 6) is -0.0981. The highest BCUT2D eigenvalue weighted by molar-refractivity contribution is 6.42. The lowest BCUT2D eigenvalue weighted by Gasteiger charge is -2.13. The summed E-state index contributed by atoms with van der Waals surface area (Å²) < 4.78 is 1.37. The molecule has 3 aromatic rings. The summed E-state index contributed by atoms with van der Waals surface area (Å²) in [6.45, 7) is 4.82. The summed E-state index contributed by atoms with van der Waals surface area (Å²) in [6, 6.07) is 12.5. The quantitative estimate of drug-likeness (QED) is 0.648. The number of rotatable bonds is 6. The Balaban J connectivity index is 1.85. The molecule has 0 aliphatic heterocycles. The SMILES string of the molecule is CC(C)Cn1nc(C(=O)NCCc2cccc(Cl)c2Cl)c2ccccc2c1=O. The Morgan fingerprint density at radius 3 is 2.54 bits per heavy atom. The summed E-state index contributed by atoms with van der Waals surface area (Å²) >= 11 is 12.2. The molecule has 28 heavy (non-hydrogen) atoms. The molecule has 5 nitrogen and oxygen atoms in total. The number of carbonyl (C=O) groups excluding carboxylic acids is 1. The lowest BCUT2D eigenvalue weighted by molar-refractivity contribution is 0.0948. The predicted octanol–water partition coefficient (Wildman–Crippen LogP) is 4.33. The van der Waals surface area contributed by atoms with E-state index in [-0.39, 0.29) is 23.1 Å². The van der Waals surface area contributed by atoms with Crippen molar-refractivity contribution in [3.8, 4) is 0 Å². The average Bonchev–Trinajstić information content (AvgIpc) is 2.67. The van der Waals surface area contributed by atoms with Gasteiger partial charge in [0.1, 0.15) is 0 Å². The number of nitrogens with zero attached hydrogens (tertiary/aromatic N) is 2. The number of fused-ring (bicyclic) bond motifs is 1. The third-order valence-electron chi connectivity index (χ3n) is 4.33. The predicted molar refractivity (Wildman–Crippen MR) is 113 cm³/mol. The molecule has 2 aromatic carbocycles. The van der Waals surface area contributed by atoms with E-state index in [9.17, 15) is 9.59 Å². The number of carbonyl (C=O) groups is 1. The van der Waals surface area contributed by atoms with E-state index in [4.69, 9.17) is 23.2 Å².